The predicted octanol–water partition coefficient (Wildman–Crippen LogP) is 2.31. The molecule has 86 valence electrons. The van der Waals surface area contributed by atoms with Gasteiger partial charge in [0.1, 0.15) is 11.5 Å². The van der Waals surface area contributed by atoms with Crippen molar-refractivity contribution in [1.29, 1.82) is 0 Å². The molecule has 1 heterocycles. The third-order valence-corrected chi connectivity index (χ3v) is 2.76. The molecule has 1 unspecified atom stereocenters. The van der Waals surface area contributed by atoms with Gasteiger partial charge in [-0.1, -0.05) is 12.1 Å². The average Bonchev–Trinajstić information content (AvgIpc) is 2.81. The van der Waals surface area contributed by atoms with Crippen LogP contribution in [0.25, 0.3) is 0 Å². The van der Waals surface area contributed by atoms with Gasteiger partial charge in [0.25, 0.3) is 0 Å². The van der Waals surface area contributed by atoms with Crippen LogP contribution in [-0.2, 0) is 4.74 Å². The van der Waals surface area contributed by atoms with Crippen LogP contribution in [0.3, 0.4) is 0 Å². The van der Waals surface area contributed by atoms with E-state index >= 15 is 0 Å². The second-order valence-electron chi connectivity index (χ2n) is 3.97. The molecule has 1 aliphatic rings. The predicted molar refractivity (Wildman–Crippen MR) is 63.3 cm³/mol. The molecule has 3 nitrogen and oxygen atoms in total. The standard InChI is InChI=1S/C13H17NO2/c1-9-5-6-10(12(8-9)15-2)13(14)11-4-3-7-16-11/h4-6,8,13H,3,7,14H2,1-2H3. The SMILES string of the molecule is COc1cc(C)ccc1C(N)C1=CCCO1. The molecule has 2 N–H and O–H groups in total. The lowest BCUT2D eigenvalue weighted by molar-refractivity contribution is 0.224. The monoisotopic (exact) mass is 219 g/mol. The Kier molecular flexibility index (Phi) is 3.15. The van der Waals surface area contributed by atoms with E-state index in [0.29, 0.717) is 0 Å². The number of aryl methyl sites for hydroxylation is 1. The maximum Gasteiger partial charge on any atom is 0.124 e. The summed E-state index contributed by atoms with van der Waals surface area (Å²) in [5, 5.41) is 0. The second-order valence-corrected chi connectivity index (χ2v) is 3.97. The van der Waals surface area contributed by atoms with Crippen molar-refractivity contribution in [3.63, 3.8) is 0 Å². The van der Waals surface area contributed by atoms with Gasteiger partial charge in [-0.3, -0.25) is 0 Å². The molecule has 16 heavy (non-hydrogen) atoms. The fraction of sp³-hybridized carbons (Fsp3) is 0.385. The summed E-state index contributed by atoms with van der Waals surface area (Å²) >= 11 is 0. The van der Waals surface area contributed by atoms with Crippen molar-refractivity contribution in [2.45, 2.75) is 19.4 Å². The summed E-state index contributed by atoms with van der Waals surface area (Å²) in [6, 6.07) is 5.80. The third kappa shape index (κ3) is 2.04. The molecular weight excluding hydrogens is 202 g/mol. The number of hydrogen-bond donors (Lipinski definition) is 1. The highest BCUT2D eigenvalue weighted by atomic mass is 16.5. The van der Waals surface area contributed by atoms with E-state index in [1.54, 1.807) is 7.11 Å². The van der Waals surface area contributed by atoms with Gasteiger partial charge in [0.05, 0.1) is 19.8 Å². The molecule has 2 rings (SSSR count). The second kappa shape index (κ2) is 4.58. The van der Waals surface area contributed by atoms with Gasteiger partial charge in [-0.2, -0.15) is 0 Å². The summed E-state index contributed by atoms with van der Waals surface area (Å²) in [6.07, 6.45) is 2.99. The van der Waals surface area contributed by atoms with E-state index in [2.05, 4.69) is 0 Å². The van der Waals surface area contributed by atoms with Crippen molar-refractivity contribution >= 4 is 0 Å². The van der Waals surface area contributed by atoms with Gasteiger partial charge in [0.15, 0.2) is 0 Å². The van der Waals surface area contributed by atoms with E-state index in [1.807, 2.05) is 31.2 Å². The van der Waals surface area contributed by atoms with Gasteiger partial charge in [-0.05, 0) is 24.6 Å². The first-order valence-corrected chi connectivity index (χ1v) is 5.45. The first-order chi connectivity index (χ1) is 7.72. The first-order valence-electron chi connectivity index (χ1n) is 5.45. The lowest BCUT2D eigenvalue weighted by Crippen LogP contribution is -2.14. The molecule has 0 saturated carbocycles. The van der Waals surface area contributed by atoms with Gasteiger partial charge >= 0.3 is 0 Å². The van der Waals surface area contributed by atoms with E-state index in [0.717, 1.165) is 35.7 Å². The van der Waals surface area contributed by atoms with Gasteiger partial charge < -0.3 is 15.2 Å². The normalized spacial score (nSPS) is 16.6. The first kappa shape index (κ1) is 11.0. The van der Waals surface area contributed by atoms with E-state index in [9.17, 15) is 0 Å². The number of nitrogens with two attached hydrogens (primary N) is 1. The van der Waals surface area contributed by atoms with Gasteiger partial charge in [0, 0.05) is 12.0 Å². The molecule has 1 aliphatic heterocycles. The summed E-state index contributed by atoms with van der Waals surface area (Å²) in [5.74, 6) is 1.67. The minimum absolute atomic E-state index is 0.224. The van der Waals surface area contributed by atoms with E-state index in [4.69, 9.17) is 15.2 Å². The smallest absolute Gasteiger partial charge is 0.124 e. The molecule has 0 saturated heterocycles. The number of ether oxygens (including phenoxy) is 2. The average molecular weight is 219 g/mol. The Hall–Kier alpha value is -1.48. The van der Waals surface area contributed by atoms with Crippen LogP contribution in [-0.4, -0.2) is 13.7 Å². The Morgan fingerprint density at radius 2 is 2.25 bits per heavy atom. The number of methoxy groups -OCH3 is 1. The highest BCUT2D eigenvalue weighted by Gasteiger charge is 2.19. The zero-order chi connectivity index (χ0) is 11.5. The highest BCUT2D eigenvalue weighted by molar-refractivity contribution is 5.41. The van der Waals surface area contributed by atoms with Crippen LogP contribution < -0.4 is 10.5 Å². The van der Waals surface area contributed by atoms with Crippen LogP contribution in [0, 0.1) is 6.92 Å². The van der Waals surface area contributed by atoms with Gasteiger partial charge in [-0.25, -0.2) is 0 Å². The third-order valence-electron chi connectivity index (χ3n) is 2.76. The lowest BCUT2D eigenvalue weighted by Gasteiger charge is -2.17. The Balaban J connectivity index is 2.31. The zero-order valence-electron chi connectivity index (χ0n) is 9.69. The Morgan fingerprint density at radius 3 is 2.88 bits per heavy atom. The number of benzene rings is 1. The van der Waals surface area contributed by atoms with Crippen LogP contribution in [0.5, 0.6) is 5.75 Å². The van der Waals surface area contributed by atoms with E-state index < -0.39 is 0 Å². The minimum atomic E-state index is -0.224. The molecule has 3 heteroatoms. The van der Waals surface area contributed by atoms with E-state index in [1.165, 1.54) is 0 Å². The fourth-order valence-electron chi connectivity index (χ4n) is 1.88. The Morgan fingerprint density at radius 1 is 1.44 bits per heavy atom. The molecule has 1 aromatic carbocycles. The maximum absolute atomic E-state index is 6.15. The van der Waals surface area contributed by atoms with Crippen molar-refractivity contribution in [2.24, 2.45) is 5.73 Å². The molecule has 0 aromatic heterocycles. The molecule has 0 radical (unpaired) electrons. The van der Waals surface area contributed by atoms with Crippen molar-refractivity contribution in [2.75, 3.05) is 13.7 Å². The molecule has 0 bridgehead atoms. The van der Waals surface area contributed by atoms with Crippen molar-refractivity contribution in [3.05, 3.63) is 41.2 Å². The van der Waals surface area contributed by atoms with Crippen LogP contribution in [0.2, 0.25) is 0 Å². The molecule has 1 aromatic rings. The summed E-state index contributed by atoms with van der Waals surface area (Å²) in [7, 11) is 1.66. The summed E-state index contributed by atoms with van der Waals surface area (Å²) in [5.41, 5.74) is 8.29. The van der Waals surface area contributed by atoms with E-state index in [-0.39, 0.29) is 6.04 Å². The number of hydrogen-bond acceptors (Lipinski definition) is 3. The van der Waals surface area contributed by atoms with Crippen LogP contribution in [0.1, 0.15) is 23.6 Å². The quantitative estimate of drug-likeness (QED) is 0.848. The summed E-state index contributed by atoms with van der Waals surface area (Å²) in [6.45, 7) is 2.76. The fourth-order valence-corrected chi connectivity index (χ4v) is 1.88. The van der Waals surface area contributed by atoms with Crippen molar-refractivity contribution < 1.29 is 9.47 Å². The summed E-state index contributed by atoms with van der Waals surface area (Å²) in [4.78, 5) is 0. The Labute approximate surface area is 95.9 Å². The molecule has 0 aliphatic carbocycles. The molecule has 1 atom stereocenters. The number of rotatable bonds is 3. The van der Waals surface area contributed by atoms with Gasteiger partial charge in [0.2, 0.25) is 0 Å². The minimum Gasteiger partial charge on any atom is -0.496 e. The van der Waals surface area contributed by atoms with Crippen molar-refractivity contribution in [3.8, 4) is 5.75 Å². The molecule has 0 fully saturated rings. The molecule has 0 spiro atoms. The lowest BCUT2D eigenvalue weighted by atomic mass is 10.0. The maximum atomic E-state index is 6.15. The van der Waals surface area contributed by atoms with Gasteiger partial charge in [-0.15, -0.1) is 0 Å². The largest absolute Gasteiger partial charge is 0.496 e. The zero-order valence-corrected chi connectivity index (χ0v) is 9.69. The molecule has 0 amide bonds. The van der Waals surface area contributed by atoms with Crippen LogP contribution in [0.15, 0.2) is 30.0 Å². The van der Waals surface area contributed by atoms with Crippen molar-refractivity contribution in [1.82, 2.24) is 0 Å². The van der Waals surface area contributed by atoms with Crippen LogP contribution >= 0.6 is 0 Å². The Bertz CT molecular complexity index is 412. The highest BCUT2D eigenvalue weighted by Crippen LogP contribution is 2.31. The topological polar surface area (TPSA) is 44.5 Å². The van der Waals surface area contributed by atoms with Crippen LogP contribution in [0.4, 0.5) is 0 Å². The summed E-state index contributed by atoms with van der Waals surface area (Å²) < 4.78 is 10.8. The molecular formula is C13H17NO2.